The van der Waals surface area contributed by atoms with E-state index in [1.54, 1.807) is 6.20 Å². The van der Waals surface area contributed by atoms with Gasteiger partial charge in [0.1, 0.15) is 5.69 Å². The van der Waals surface area contributed by atoms with Gasteiger partial charge in [-0.05, 0) is 50.1 Å². The maximum atomic E-state index is 13.4. The minimum Gasteiger partial charge on any atom is -0.305 e. The third-order valence-electron chi connectivity index (χ3n) is 5.01. The van der Waals surface area contributed by atoms with Crippen molar-refractivity contribution in [3.05, 3.63) is 65.7 Å². The highest BCUT2D eigenvalue weighted by molar-refractivity contribution is 6.09. The molecule has 0 saturated carbocycles. The molecule has 1 aromatic carbocycles. The normalized spacial score (nSPS) is 16.7. The van der Waals surface area contributed by atoms with Gasteiger partial charge in [0.25, 0.3) is 5.91 Å². The Kier molecular flexibility index (Phi) is 4.07. The lowest BCUT2D eigenvalue weighted by Crippen LogP contribution is -2.43. The number of pyridine rings is 1. The molecule has 0 spiro atoms. The Morgan fingerprint density at radius 1 is 1.15 bits per heavy atom. The van der Waals surface area contributed by atoms with Crippen LogP contribution in [0, 0.1) is 13.8 Å². The number of hydrogen-bond acceptors (Lipinski definition) is 3. The Balaban J connectivity index is 1.83. The summed E-state index contributed by atoms with van der Waals surface area (Å²) in [6, 6.07) is 12.2. The molecule has 1 aliphatic heterocycles. The molecule has 0 radical (unpaired) electrons. The number of anilines is 1. The van der Waals surface area contributed by atoms with Crippen LogP contribution in [0.15, 0.2) is 48.8 Å². The number of carbonyl (C=O) groups excluding carboxylic acids is 1. The number of fused-ring (bicyclic) bond motifs is 1. The third kappa shape index (κ3) is 2.69. The molecule has 0 N–H and O–H groups in total. The molecule has 3 aromatic rings. The molecule has 4 rings (SSSR count). The maximum Gasteiger partial charge on any atom is 0.277 e. The molecule has 5 nitrogen and oxygen atoms in total. The maximum absolute atomic E-state index is 13.4. The van der Waals surface area contributed by atoms with Gasteiger partial charge in [-0.3, -0.25) is 14.5 Å². The molecule has 0 unspecified atom stereocenters. The standard InChI is InChI=1S/C21H22N4O/c1-4-17-13-24(18-7-5-14(2)6-8-18)21(26)20-19(12-23-25(17)20)16-9-10-22-15(3)11-16/h5-12,17H,4,13H2,1-3H3/t17-/m1/s1. The largest absolute Gasteiger partial charge is 0.305 e. The number of amides is 1. The highest BCUT2D eigenvalue weighted by atomic mass is 16.2. The van der Waals surface area contributed by atoms with Crippen molar-refractivity contribution < 1.29 is 4.79 Å². The van der Waals surface area contributed by atoms with E-state index in [1.165, 1.54) is 5.56 Å². The second kappa shape index (κ2) is 6.41. The summed E-state index contributed by atoms with van der Waals surface area (Å²) in [5.41, 5.74) is 5.55. The van der Waals surface area contributed by atoms with Crippen molar-refractivity contribution in [1.82, 2.24) is 14.8 Å². The van der Waals surface area contributed by atoms with E-state index in [9.17, 15) is 4.79 Å². The molecule has 5 heteroatoms. The van der Waals surface area contributed by atoms with Gasteiger partial charge in [0.05, 0.1) is 12.2 Å². The lowest BCUT2D eigenvalue weighted by atomic mass is 10.0. The van der Waals surface area contributed by atoms with Gasteiger partial charge in [-0.25, -0.2) is 0 Å². The summed E-state index contributed by atoms with van der Waals surface area (Å²) in [6.45, 7) is 6.78. The smallest absolute Gasteiger partial charge is 0.277 e. The van der Waals surface area contributed by atoms with Gasteiger partial charge in [-0.2, -0.15) is 5.10 Å². The fraction of sp³-hybridized carbons (Fsp3) is 0.286. The van der Waals surface area contributed by atoms with Crippen LogP contribution >= 0.6 is 0 Å². The van der Waals surface area contributed by atoms with E-state index in [4.69, 9.17) is 0 Å². The average Bonchev–Trinajstić information content (AvgIpc) is 3.09. The first-order valence-corrected chi connectivity index (χ1v) is 8.97. The van der Waals surface area contributed by atoms with Crippen LogP contribution in [0.4, 0.5) is 5.69 Å². The molecule has 26 heavy (non-hydrogen) atoms. The first-order chi connectivity index (χ1) is 12.6. The summed E-state index contributed by atoms with van der Waals surface area (Å²) < 4.78 is 1.90. The first-order valence-electron chi connectivity index (χ1n) is 8.97. The second-order valence-electron chi connectivity index (χ2n) is 6.85. The Labute approximate surface area is 153 Å². The molecule has 1 atom stereocenters. The fourth-order valence-electron chi connectivity index (χ4n) is 3.52. The van der Waals surface area contributed by atoms with Crippen LogP contribution in [0.25, 0.3) is 11.1 Å². The van der Waals surface area contributed by atoms with Crippen LogP contribution in [0.1, 0.15) is 41.1 Å². The number of carbonyl (C=O) groups is 1. The summed E-state index contributed by atoms with van der Waals surface area (Å²) in [6.07, 6.45) is 4.50. The SMILES string of the molecule is CC[C@@H]1CN(c2ccc(C)cc2)C(=O)c2c(-c3ccnc(C)c3)cnn21. The molecular formula is C21H22N4O. The van der Waals surface area contributed by atoms with E-state index in [0.717, 1.165) is 28.9 Å². The van der Waals surface area contributed by atoms with Gasteiger partial charge in [0.2, 0.25) is 0 Å². The molecular weight excluding hydrogens is 324 g/mol. The zero-order valence-corrected chi connectivity index (χ0v) is 15.3. The van der Waals surface area contributed by atoms with Crippen LogP contribution < -0.4 is 4.90 Å². The quantitative estimate of drug-likeness (QED) is 0.715. The summed E-state index contributed by atoms with van der Waals surface area (Å²) in [7, 11) is 0. The summed E-state index contributed by atoms with van der Waals surface area (Å²) in [5.74, 6) is 0.000480. The Morgan fingerprint density at radius 2 is 1.92 bits per heavy atom. The predicted molar refractivity (Wildman–Crippen MR) is 102 cm³/mol. The topological polar surface area (TPSA) is 51.0 Å². The predicted octanol–water partition coefficient (Wildman–Crippen LogP) is 4.17. The second-order valence-corrected chi connectivity index (χ2v) is 6.85. The first kappa shape index (κ1) is 16.5. The fourth-order valence-corrected chi connectivity index (χ4v) is 3.52. The molecule has 0 fully saturated rings. The lowest BCUT2D eigenvalue weighted by molar-refractivity contribution is 0.0951. The molecule has 1 aliphatic rings. The highest BCUT2D eigenvalue weighted by Gasteiger charge is 2.34. The summed E-state index contributed by atoms with van der Waals surface area (Å²) >= 11 is 0. The van der Waals surface area contributed by atoms with Gasteiger partial charge < -0.3 is 4.90 Å². The van der Waals surface area contributed by atoms with Gasteiger partial charge in [0.15, 0.2) is 0 Å². The van der Waals surface area contributed by atoms with E-state index in [0.29, 0.717) is 12.2 Å². The van der Waals surface area contributed by atoms with Crippen molar-refractivity contribution in [3.8, 4) is 11.1 Å². The van der Waals surface area contributed by atoms with Crippen molar-refractivity contribution in [3.63, 3.8) is 0 Å². The Morgan fingerprint density at radius 3 is 2.62 bits per heavy atom. The van der Waals surface area contributed by atoms with Crippen LogP contribution in [0.3, 0.4) is 0 Å². The molecule has 0 saturated heterocycles. The van der Waals surface area contributed by atoms with E-state index in [2.05, 4.69) is 23.9 Å². The number of aryl methyl sites for hydroxylation is 2. The molecule has 132 valence electrons. The van der Waals surface area contributed by atoms with Crippen molar-refractivity contribution >= 4 is 11.6 Å². The van der Waals surface area contributed by atoms with Gasteiger partial charge in [0, 0.05) is 29.7 Å². The number of aromatic nitrogens is 3. The van der Waals surface area contributed by atoms with E-state index < -0.39 is 0 Å². The summed E-state index contributed by atoms with van der Waals surface area (Å²) in [4.78, 5) is 19.5. The van der Waals surface area contributed by atoms with Crippen LogP contribution in [0.5, 0.6) is 0 Å². The van der Waals surface area contributed by atoms with Crippen molar-refractivity contribution in [2.75, 3.05) is 11.4 Å². The summed E-state index contributed by atoms with van der Waals surface area (Å²) in [5, 5.41) is 4.56. The van der Waals surface area contributed by atoms with E-state index >= 15 is 0 Å². The average molecular weight is 346 g/mol. The van der Waals surface area contributed by atoms with Crippen LogP contribution in [-0.2, 0) is 0 Å². The van der Waals surface area contributed by atoms with Crippen molar-refractivity contribution in [2.45, 2.75) is 33.2 Å². The van der Waals surface area contributed by atoms with E-state index in [1.807, 2.05) is 59.1 Å². The Hall–Kier alpha value is -2.95. The molecule has 3 heterocycles. The molecule has 0 aliphatic carbocycles. The monoisotopic (exact) mass is 346 g/mol. The highest BCUT2D eigenvalue weighted by Crippen LogP contribution is 2.33. The van der Waals surface area contributed by atoms with E-state index in [-0.39, 0.29) is 11.9 Å². The number of hydrogen-bond donors (Lipinski definition) is 0. The van der Waals surface area contributed by atoms with Crippen molar-refractivity contribution in [2.24, 2.45) is 0 Å². The number of nitrogens with zero attached hydrogens (tertiary/aromatic N) is 4. The lowest BCUT2D eigenvalue weighted by Gasteiger charge is -2.33. The van der Waals surface area contributed by atoms with Crippen LogP contribution in [0.2, 0.25) is 0 Å². The zero-order valence-electron chi connectivity index (χ0n) is 15.3. The minimum absolute atomic E-state index is 0.000480. The van der Waals surface area contributed by atoms with Crippen molar-refractivity contribution in [1.29, 1.82) is 0 Å². The molecule has 2 aromatic heterocycles. The number of rotatable bonds is 3. The van der Waals surface area contributed by atoms with Gasteiger partial charge >= 0.3 is 0 Å². The van der Waals surface area contributed by atoms with Crippen LogP contribution in [-0.4, -0.2) is 27.2 Å². The van der Waals surface area contributed by atoms with Gasteiger partial charge in [-0.1, -0.05) is 24.6 Å². The molecule has 0 bridgehead atoms. The minimum atomic E-state index is 0.000480. The third-order valence-corrected chi connectivity index (χ3v) is 5.01. The molecule has 1 amide bonds. The van der Waals surface area contributed by atoms with Gasteiger partial charge in [-0.15, -0.1) is 0 Å². The Bertz CT molecular complexity index is 958. The number of benzene rings is 1. The zero-order chi connectivity index (χ0) is 18.3.